The van der Waals surface area contributed by atoms with Gasteiger partial charge in [0, 0.05) is 11.9 Å². The molecule has 0 aliphatic rings. The van der Waals surface area contributed by atoms with Crippen LogP contribution in [0.15, 0.2) is 11.5 Å². The van der Waals surface area contributed by atoms with Gasteiger partial charge in [0.05, 0.1) is 5.69 Å². The molecule has 0 fully saturated rings. The Bertz CT molecular complexity index is 281. The molecule has 0 unspecified atom stereocenters. The van der Waals surface area contributed by atoms with Crippen molar-refractivity contribution in [1.29, 1.82) is 0 Å². The van der Waals surface area contributed by atoms with Crippen molar-refractivity contribution >= 4 is 17.4 Å². The molecule has 1 aromatic rings. The van der Waals surface area contributed by atoms with Crippen LogP contribution in [-0.4, -0.2) is 18.1 Å². The third-order valence-electron chi connectivity index (χ3n) is 1.74. The van der Waals surface area contributed by atoms with E-state index in [9.17, 15) is 0 Å². The second-order valence-corrected chi connectivity index (χ2v) is 3.93. The van der Waals surface area contributed by atoms with Gasteiger partial charge in [0.25, 0.3) is 0 Å². The van der Waals surface area contributed by atoms with Crippen molar-refractivity contribution in [2.24, 2.45) is 5.73 Å². The number of rotatable bonds is 6. The largest absolute Gasteiger partial charge is 0.330 e. The fourth-order valence-corrected chi connectivity index (χ4v) is 1.81. The minimum atomic E-state index is 0.745. The fourth-order valence-electron chi connectivity index (χ4n) is 1.08. The smallest absolute Gasteiger partial charge is 0.107 e. The highest BCUT2D eigenvalue weighted by Gasteiger charge is 1.97. The maximum Gasteiger partial charge on any atom is 0.107 e. The molecule has 0 aliphatic carbocycles. The van der Waals surface area contributed by atoms with Gasteiger partial charge in [-0.25, -0.2) is 4.98 Å². The molecule has 3 N–H and O–H groups in total. The first kappa shape index (κ1) is 11.4. The van der Waals surface area contributed by atoms with E-state index in [0.717, 1.165) is 36.8 Å². The van der Waals surface area contributed by atoms with Crippen LogP contribution in [0.3, 0.4) is 0 Å². The summed E-state index contributed by atoms with van der Waals surface area (Å²) in [5.41, 5.74) is 6.44. The van der Waals surface area contributed by atoms with Crippen LogP contribution >= 0.6 is 11.3 Å². The number of nitrogens with zero attached hydrogens (tertiary/aromatic N) is 1. The van der Waals surface area contributed by atoms with Gasteiger partial charge in [-0.05, 0) is 32.5 Å². The molecule has 0 saturated carbocycles. The van der Waals surface area contributed by atoms with E-state index in [1.54, 1.807) is 11.3 Å². The summed E-state index contributed by atoms with van der Waals surface area (Å²) in [6.45, 7) is 4.56. The third kappa shape index (κ3) is 4.00. The van der Waals surface area contributed by atoms with E-state index < -0.39 is 0 Å². The van der Waals surface area contributed by atoms with Crippen LogP contribution in [0.25, 0.3) is 6.08 Å². The first-order valence-corrected chi connectivity index (χ1v) is 5.72. The summed E-state index contributed by atoms with van der Waals surface area (Å²) < 4.78 is 0. The molecule has 0 aliphatic heterocycles. The zero-order valence-corrected chi connectivity index (χ0v) is 9.31. The Morgan fingerprint density at radius 2 is 2.50 bits per heavy atom. The van der Waals surface area contributed by atoms with Crippen LogP contribution in [0.5, 0.6) is 0 Å². The van der Waals surface area contributed by atoms with E-state index in [1.807, 2.05) is 19.1 Å². The minimum Gasteiger partial charge on any atom is -0.330 e. The number of hydrogen-bond acceptors (Lipinski definition) is 4. The molecule has 0 aromatic carbocycles. The topological polar surface area (TPSA) is 50.9 Å². The van der Waals surface area contributed by atoms with Crippen LogP contribution in [-0.2, 0) is 6.54 Å². The van der Waals surface area contributed by atoms with E-state index in [4.69, 9.17) is 5.73 Å². The Kier molecular flexibility index (Phi) is 5.44. The van der Waals surface area contributed by atoms with Gasteiger partial charge in [-0.3, -0.25) is 0 Å². The Morgan fingerprint density at radius 3 is 3.21 bits per heavy atom. The van der Waals surface area contributed by atoms with Crippen molar-refractivity contribution in [2.75, 3.05) is 13.1 Å². The van der Waals surface area contributed by atoms with Crippen molar-refractivity contribution in [3.63, 3.8) is 0 Å². The highest BCUT2D eigenvalue weighted by atomic mass is 32.1. The van der Waals surface area contributed by atoms with Crippen LogP contribution in [0.1, 0.15) is 24.0 Å². The maximum atomic E-state index is 5.39. The molecular formula is C10H17N3S. The molecule has 0 bridgehead atoms. The lowest BCUT2D eigenvalue weighted by Crippen LogP contribution is -2.17. The summed E-state index contributed by atoms with van der Waals surface area (Å²) in [7, 11) is 0. The van der Waals surface area contributed by atoms with Gasteiger partial charge in [0.1, 0.15) is 5.01 Å². The molecule has 14 heavy (non-hydrogen) atoms. The zero-order chi connectivity index (χ0) is 10.2. The van der Waals surface area contributed by atoms with Gasteiger partial charge in [0.15, 0.2) is 0 Å². The molecule has 0 amide bonds. The fraction of sp³-hybridized carbons (Fsp3) is 0.500. The van der Waals surface area contributed by atoms with Crippen LogP contribution < -0.4 is 11.1 Å². The predicted molar refractivity (Wildman–Crippen MR) is 62.2 cm³/mol. The molecule has 0 saturated heterocycles. The molecule has 1 aromatic heterocycles. The SMILES string of the molecule is C/C=C\c1csc(CNCCCN)n1. The van der Waals surface area contributed by atoms with Crippen molar-refractivity contribution in [3.8, 4) is 0 Å². The zero-order valence-electron chi connectivity index (χ0n) is 8.49. The van der Waals surface area contributed by atoms with Crippen molar-refractivity contribution in [3.05, 3.63) is 22.2 Å². The van der Waals surface area contributed by atoms with Gasteiger partial charge < -0.3 is 11.1 Å². The van der Waals surface area contributed by atoms with Crippen LogP contribution in [0.4, 0.5) is 0 Å². The van der Waals surface area contributed by atoms with Crippen molar-refractivity contribution in [2.45, 2.75) is 19.9 Å². The maximum absolute atomic E-state index is 5.39. The number of aromatic nitrogens is 1. The Hall–Kier alpha value is -0.710. The monoisotopic (exact) mass is 211 g/mol. The minimum absolute atomic E-state index is 0.745. The number of hydrogen-bond donors (Lipinski definition) is 2. The summed E-state index contributed by atoms with van der Waals surface area (Å²) in [4.78, 5) is 4.44. The highest BCUT2D eigenvalue weighted by Crippen LogP contribution is 2.10. The first-order valence-electron chi connectivity index (χ1n) is 4.84. The quantitative estimate of drug-likeness (QED) is 0.703. The second-order valence-electron chi connectivity index (χ2n) is 2.99. The summed E-state index contributed by atoms with van der Waals surface area (Å²) in [5.74, 6) is 0. The van der Waals surface area contributed by atoms with Crippen LogP contribution in [0, 0.1) is 0 Å². The molecule has 3 nitrogen and oxygen atoms in total. The summed E-state index contributed by atoms with van der Waals surface area (Å²) in [6, 6.07) is 0. The normalized spacial score (nSPS) is 11.3. The van der Waals surface area contributed by atoms with Gasteiger partial charge in [-0.2, -0.15) is 0 Å². The lowest BCUT2D eigenvalue weighted by molar-refractivity contribution is 0.653. The predicted octanol–water partition coefficient (Wildman–Crippen LogP) is 1.61. The molecule has 0 radical (unpaired) electrons. The molecule has 4 heteroatoms. The lowest BCUT2D eigenvalue weighted by Gasteiger charge is -1.99. The summed E-state index contributed by atoms with van der Waals surface area (Å²) >= 11 is 1.69. The number of allylic oxidation sites excluding steroid dienone is 1. The van der Waals surface area contributed by atoms with Gasteiger partial charge in [-0.1, -0.05) is 6.08 Å². The van der Waals surface area contributed by atoms with Crippen molar-refractivity contribution in [1.82, 2.24) is 10.3 Å². The first-order chi connectivity index (χ1) is 6.86. The van der Waals surface area contributed by atoms with E-state index in [1.165, 1.54) is 0 Å². The Morgan fingerprint density at radius 1 is 1.64 bits per heavy atom. The standard InChI is InChI=1S/C10H17N3S/c1-2-4-9-8-14-10(13-9)7-12-6-3-5-11/h2,4,8,12H,3,5-7,11H2,1H3/b4-2-. The summed E-state index contributed by atoms with van der Waals surface area (Å²) in [6.07, 6.45) is 5.04. The average molecular weight is 211 g/mol. The Balaban J connectivity index is 2.29. The van der Waals surface area contributed by atoms with E-state index >= 15 is 0 Å². The number of nitrogens with two attached hydrogens (primary N) is 1. The number of thiazole rings is 1. The number of nitrogens with one attached hydrogen (secondary N) is 1. The Labute approximate surface area is 89.0 Å². The molecule has 1 rings (SSSR count). The summed E-state index contributed by atoms with van der Waals surface area (Å²) in [5, 5.41) is 6.51. The van der Waals surface area contributed by atoms with E-state index in [0.29, 0.717) is 0 Å². The van der Waals surface area contributed by atoms with Crippen molar-refractivity contribution < 1.29 is 0 Å². The lowest BCUT2D eigenvalue weighted by atomic mass is 10.4. The van der Waals surface area contributed by atoms with E-state index in [2.05, 4.69) is 15.7 Å². The molecule has 78 valence electrons. The molecule has 1 heterocycles. The molecule has 0 spiro atoms. The second kappa shape index (κ2) is 6.70. The molecular weight excluding hydrogens is 194 g/mol. The van der Waals surface area contributed by atoms with Crippen LogP contribution in [0.2, 0.25) is 0 Å². The highest BCUT2D eigenvalue weighted by molar-refractivity contribution is 7.09. The van der Waals surface area contributed by atoms with Gasteiger partial charge in [0.2, 0.25) is 0 Å². The van der Waals surface area contributed by atoms with Gasteiger partial charge >= 0.3 is 0 Å². The van der Waals surface area contributed by atoms with E-state index in [-0.39, 0.29) is 0 Å². The van der Waals surface area contributed by atoms with Gasteiger partial charge in [-0.15, -0.1) is 11.3 Å². The molecule has 0 atom stereocenters. The average Bonchev–Trinajstić information content (AvgIpc) is 2.61. The third-order valence-corrected chi connectivity index (χ3v) is 2.61.